The van der Waals surface area contributed by atoms with Crippen LogP contribution in [-0.4, -0.2) is 17.0 Å². The fourth-order valence-corrected chi connectivity index (χ4v) is 4.63. The highest BCUT2D eigenvalue weighted by Gasteiger charge is 2.28. The van der Waals surface area contributed by atoms with Crippen molar-refractivity contribution in [1.82, 2.24) is 9.97 Å². The van der Waals surface area contributed by atoms with E-state index < -0.39 is 0 Å². The molecular formula is C27H20N4S. The average Bonchev–Trinajstić information content (AvgIpc) is 2.85. The lowest BCUT2D eigenvalue weighted by Crippen LogP contribution is -2.24. The minimum atomic E-state index is 0.881. The molecule has 4 nitrogen and oxygen atoms in total. The van der Waals surface area contributed by atoms with Crippen molar-refractivity contribution >= 4 is 52.1 Å². The van der Waals surface area contributed by atoms with Gasteiger partial charge in [-0.3, -0.25) is 4.90 Å². The van der Waals surface area contributed by atoms with Gasteiger partial charge in [0.1, 0.15) is 5.82 Å². The van der Waals surface area contributed by atoms with E-state index in [-0.39, 0.29) is 0 Å². The van der Waals surface area contributed by atoms with Crippen molar-refractivity contribution in [2.75, 3.05) is 16.8 Å². The van der Waals surface area contributed by atoms with Crippen molar-refractivity contribution in [2.24, 2.45) is 0 Å². The SMILES string of the molecule is CN1c2ccccc2N(c2ccccn2)c2cc(-c3ccc4cccc(S)c4n3)ccc21. The number of thiol groups is 1. The number of fused-ring (bicyclic) bond motifs is 3. The van der Waals surface area contributed by atoms with Gasteiger partial charge in [0, 0.05) is 29.1 Å². The summed E-state index contributed by atoms with van der Waals surface area (Å²) in [5.41, 5.74) is 7.32. The first kappa shape index (κ1) is 18.9. The summed E-state index contributed by atoms with van der Waals surface area (Å²) in [6, 6.07) is 31.1. The molecule has 0 unspecified atom stereocenters. The molecule has 3 heterocycles. The molecule has 3 aromatic carbocycles. The maximum absolute atomic E-state index is 4.93. The molecule has 2 aromatic heterocycles. The van der Waals surface area contributed by atoms with E-state index in [1.165, 1.54) is 0 Å². The topological polar surface area (TPSA) is 32.3 Å². The monoisotopic (exact) mass is 432 g/mol. The average molecular weight is 433 g/mol. The normalized spacial score (nSPS) is 12.6. The lowest BCUT2D eigenvalue weighted by molar-refractivity contribution is 1.10. The zero-order valence-corrected chi connectivity index (χ0v) is 18.4. The van der Waals surface area contributed by atoms with Gasteiger partial charge in [-0.1, -0.05) is 42.5 Å². The van der Waals surface area contributed by atoms with E-state index in [1.54, 1.807) is 0 Å². The van der Waals surface area contributed by atoms with Crippen LogP contribution in [0.4, 0.5) is 28.6 Å². The molecule has 32 heavy (non-hydrogen) atoms. The van der Waals surface area contributed by atoms with Gasteiger partial charge in [-0.2, -0.15) is 0 Å². The summed E-state index contributed by atoms with van der Waals surface area (Å²) in [6.07, 6.45) is 1.83. The van der Waals surface area contributed by atoms with Crippen LogP contribution in [0.5, 0.6) is 0 Å². The molecule has 5 aromatic rings. The fourth-order valence-electron chi connectivity index (χ4n) is 4.37. The molecule has 5 heteroatoms. The first-order valence-corrected chi connectivity index (χ1v) is 10.9. The van der Waals surface area contributed by atoms with E-state index in [1.807, 2.05) is 36.5 Å². The molecule has 0 saturated heterocycles. The van der Waals surface area contributed by atoms with Crippen LogP contribution in [-0.2, 0) is 0 Å². The second-order valence-corrected chi connectivity index (χ2v) is 8.30. The highest BCUT2D eigenvalue weighted by atomic mass is 32.1. The fraction of sp³-hybridized carbons (Fsp3) is 0.0370. The number of hydrogen-bond acceptors (Lipinski definition) is 5. The maximum Gasteiger partial charge on any atom is 0.137 e. The Morgan fingerprint density at radius 2 is 1.53 bits per heavy atom. The van der Waals surface area contributed by atoms with Gasteiger partial charge >= 0.3 is 0 Å². The van der Waals surface area contributed by atoms with Crippen molar-refractivity contribution in [2.45, 2.75) is 4.90 Å². The first-order valence-electron chi connectivity index (χ1n) is 10.5. The molecule has 154 valence electrons. The van der Waals surface area contributed by atoms with Gasteiger partial charge in [-0.15, -0.1) is 12.6 Å². The van der Waals surface area contributed by atoms with E-state index in [0.29, 0.717) is 0 Å². The van der Waals surface area contributed by atoms with Gasteiger partial charge < -0.3 is 4.90 Å². The Balaban J connectivity index is 1.56. The molecule has 0 spiro atoms. The summed E-state index contributed by atoms with van der Waals surface area (Å²) < 4.78 is 0. The van der Waals surface area contributed by atoms with E-state index in [9.17, 15) is 0 Å². The molecule has 0 bridgehead atoms. The number of para-hydroxylation sites is 3. The first-order chi connectivity index (χ1) is 15.7. The highest BCUT2D eigenvalue weighted by Crippen LogP contribution is 2.50. The summed E-state index contributed by atoms with van der Waals surface area (Å²) in [5, 5.41) is 1.09. The third kappa shape index (κ3) is 2.93. The summed E-state index contributed by atoms with van der Waals surface area (Å²) in [6.45, 7) is 0. The summed E-state index contributed by atoms with van der Waals surface area (Å²) in [7, 11) is 2.11. The van der Waals surface area contributed by atoms with Crippen LogP contribution in [0.3, 0.4) is 0 Å². The Morgan fingerprint density at radius 3 is 2.38 bits per heavy atom. The summed E-state index contributed by atoms with van der Waals surface area (Å²) in [4.78, 5) is 14.9. The van der Waals surface area contributed by atoms with Crippen molar-refractivity contribution in [3.8, 4) is 11.3 Å². The van der Waals surface area contributed by atoms with Crippen molar-refractivity contribution in [3.63, 3.8) is 0 Å². The van der Waals surface area contributed by atoms with E-state index in [4.69, 9.17) is 4.98 Å². The quantitative estimate of drug-likeness (QED) is 0.301. The van der Waals surface area contributed by atoms with Crippen LogP contribution in [0, 0.1) is 0 Å². The Hall–Kier alpha value is -3.83. The number of benzene rings is 3. The molecular weight excluding hydrogens is 412 g/mol. The Kier molecular flexibility index (Phi) is 4.37. The Bertz CT molecular complexity index is 1470. The smallest absolute Gasteiger partial charge is 0.137 e. The Morgan fingerprint density at radius 1 is 0.719 bits per heavy atom. The zero-order valence-electron chi connectivity index (χ0n) is 17.5. The predicted molar refractivity (Wildman–Crippen MR) is 135 cm³/mol. The molecule has 0 saturated carbocycles. The minimum absolute atomic E-state index is 0.881. The second kappa shape index (κ2) is 7.39. The van der Waals surface area contributed by atoms with E-state index in [0.717, 1.165) is 55.6 Å². The molecule has 0 radical (unpaired) electrons. The number of aromatic nitrogens is 2. The third-order valence-corrected chi connectivity index (χ3v) is 6.30. The second-order valence-electron chi connectivity index (χ2n) is 7.82. The maximum atomic E-state index is 4.93. The van der Waals surface area contributed by atoms with Crippen LogP contribution in [0.1, 0.15) is 0 Å². The Labute approximate surface area is 192 Å². The van der Waals surface area contributed by atoms with Crippen LogP contribution in [0.2, 0.25) is 0 Å². The van der Waals surface area contributed by atoms with Gasteiger partial charge in [-0.05, 0) is 48.5 Å². The van der Waals surface area contributed by atoms with E-state index >= 15 is 0 Å². The lowest BCUT2D eigenvalue weighted by atomic mass is 10.0. The van der Waals surface area contributed by atoms with Gasteiger partial charge in [0.25, 0.3) is 0 Å². The predicted octanol–water partition coefficient (Wildman–Crippen LogP) is 7.14. The van der Waals surface area contributed by atoms with Crippen LogP contribution in [0.15, 0.2) is 102 Å². The molecule has 0 N–H and O–H groups in total. The lowest BCUT2D eigenvalue weighted by Gasteiger charge is -2.38. The van der Waals surface area contributed by atoms with Crippen LogP contribution in [0.25, 0.3) is 22.2 Å². The van der Waals surface area contributed by atoms with Crippen LogP contribution < -0.4 is 9.80 Å². The minimum Gasteiger partial charge on any atom is -0.341 e. The molecule has 6 rings (SSSR count). The van der Waals surface area contributed by atoms with Gasteiger partial charge in [0.05, 0.1) is 34.0 Å². The zero-order chi connectivity index (χ0) is 21.7. The molecule has 0 aliphatic carbocycles. The molecule has 0 atom stereocenters. The largest absolute Gasteiger partial charge is 0.341 e. The number of nitrogens with zero attached hydrogens (tertiary/aromatic N) is 4. The summed E-state index contributed by atoms with van der Waals surface area (Å²) in [5.74, 6) is 0.885. The molecule has 0 fully saturated rings. The molecule has 1 aliphatic heterocycles. The molecule has 1 aliphatic rings. The van der Waals surface area contributed by atoms with Crippen molar-refractivity contribution in [3.05, 3.63) is 97.2 Å². The number of pyridine rings is 2. The highest BCUT2D eigenvalue weighted by molar-refractivity contribution is 7.80. The van der Waals surface area contributed by atoms with Gasteiger partial charge in [0.2, 0.25) is 0 Å². The number of anilines is 5. The standard InChI is InChI=1S/C27H20N4S/c1-30-21-8-2-3-9-23(21)31(26-11-4-5-16-28-26)24-17-19(13-15-22(24)30)20-14-12-18-7-6-10-25(32)27(18)29-20/h2-17,32H,1H3. The van der Waals surface area contributed by atoms with Crippen molar-refractivity contribution in [1.29, 1.82) is 0 Å². The van der Waals surface area contributed by atoms with Crippen molar-refractivity contribution < 1.29 is 0 Å². The van der Waals surface area contributed by atoms with E-state index in [2.05, 4.69) is 95.1 Å². The van der Waals surface area contributed by atoms with Gasteiger partial charge in [-0.25, -0.2) is 9.97 Å². The third-order valence-electron chi connectivity index (χ3n) is 5.93. The van der Waals surface area contributed by atoms with Crippen LogP contribution >= 0.6 is 12.6 Å². The number of rotatable bonds is 2. The molecule has 0 amide bonds. The van der Waals surface area contributed by atoms with Gasteiger partial charge in [0.15, 0.2) is 0 Å². The number of hydrogen-bond donors (Lipinski definition) is 1. The summed E-state index contributed by atoms with van der Waals surface area (Å²) >= 11 is 4.61.